The highest BCUT2D eigenvalue weighted by molar-refractivity contribution is 5.36. The van der Waals surface area contributed by atoms with E-state index < -0.39 is 0 Å². The molecule has 0 aliphatic carbocycles. The largest absolute Gasteiger partial charge is 0.269 e. The lowest BCUT2D eigenvalue weighted by Gasteiger charge is -2.18. The average molecular weight is 473 g/mol. The predicted octanol–water partition coefficient (Wildman–Crippen LogP) is 8.73. The first-order valence-electron chi connectivity index (χ1n) is 11.9. The molecular formula is C31H40N2O2. The van der Waals surface area contributed by atoms with Crippen LogP contribution in [0.4, 0.5) is 5.69 Å². The van der Waals surface area contributed by atoms with Crippen molar-refractivity contribution in [2.45, 2.75) is 78.6 Å². The summed E-state index contributed by atoms with van der Waals surface area (Å²) in [7, 11) is 0. The van der Waals surface area contributed by atoms with Crippen LogP contribution in [0.2, 0.25) is 0 Å². The molecule has 0 amide bonds. The zero-order valence-corrected chi connectivity index (χ0v) is 22.7. The van der Waals surface area contributed by atoms with Gasteiger partial charge in [-0.2, -0.15) is 5.26 Å². The maximum absolute atomic E-state index is 10.4. The summed E-state index contributed by atoms with van der Waals surface area (Å²) in [5.41, 5.74) is 5.16. The molecule has 0 fully saturated rings. The maximum atomic E-state index is 10.4. The summed E-state index contributed by atoms with van der Waals surface area (Å²) >= 11 is 0. The van der Waals surface area contributed by atoms with Crippen LogP contribution in [0.1, 0.15) is 84.6 Å². The first kappa shape index (κ1) is 29.6. The topological polar surface area (TPSA) is 66.9 Å². The molecule has 0 N–H and O–H groups in total. The molecule has 0 saturated carbocycles. The molecule has 0 aromatic heterocycles. The third-order valence-corrected chi connectivity index (χ3v) is 5.46. The molecule has 35 heavy (non-hydrogen) atoms. The Morgan fingerprint density at radius 1 is 0.600 bits per heavy atom. The first-order chi connectivity index (χ1) is 16.1. The first-order valence-corrected chi connectivity index (χ1v) is 11.9. The minimum Gasteiger partial charge on any atom is -0.258 e. The number of nitrogens with zero attached hydrogens (tertiary/aromatic N) is 2. The molecule has 0 bridgehead atoms. The average Bonchev–Trinajstić information content (AvgIpc) is 2.79. The Labute approximate surface area is 211 Å². The lowest BCUT2D eigenvalue weighted by Crippen LogP contribution is -2.10. The van der Waals surface area contributed by atoms with Crippen molar-refractivity contribution in [2.75, 3.05) is 0 Å². The lowest BCUT2D eigenvalue weighted by atomic mass is 9.87. The number of nitro benzene ring substituents is 1. The molecule has 186 valence electrons. The van der Waals surface area contributed by atoms with E-state index in [2.05, 4.69) is 98.7 Å². The summed E-state index contributed by atoms with van der Waals surface area (Å²) in [5, 5.41) is 18.9. The van der Waals surface area contributed by atoms with E-state index in [0.717, 1.165) is 11.1 Å². The molecule has 0 saturated heterocycles. The van der Waals surface area contributed by atoms with Crippen molar-refractivity contribution in [3.63, 3.8) is 0 Å². The Kier molecular flexibility index (Phi) is 10.4. The van der Waals surface area contributed by atoms with Gasteiger partial charge in [0.05, 0.1) is 16.6 Å². The standard InChI is InChI=1S/C11H13N.C10H13NO2.C10H14/c1-11(2,3)10-6-4-9(8-12)5-7-10;1-10(2,3)8-4-6-9(7-5-8)11(12)13;1-10(2,3)9-7-5-4-6-8-9/h4-7H,1-3H3;4-7H,1-3H3;4-8H,1-3H3. The van der Waals surface area contributed by atoms with E-state index >= 15 is 0 Å². The van der Waals surface area contributed by atoms with E-state index in [1.165, 1.54) is 11.1 Å². The van der Waals surface area contributed by atoms with Gasteiger partial charge in [-0.25, -0.2) is 0 Å². The summed E-state index contributed by atoms with van der Waals surface area (Å²) in [4.78, 5) is 9.98. The van der Waals surface area contributed by atoms with Crippen LogP contribution < -0.4 is 0 Å². The molecule has 0 radical (unpaired) electrons. The van der Waals surface area contributed by atoms with Crippen molar-refractivity contribution in [1.29, 1.82) is 5.26 Å². The Morgan fingerprint density at radius 3 is 1.23 bits per heavy atom. The second kappa shape index (κ2) is 12.3. The van der Waals surface area contributed by atoms with E-state index in [1.807, 2.05) is 24.3 Å². The van der Waals surface area contributed by atoms with Gasteiger partial charge in [0.15, 0.2) is 0 Å². The van der Waals surface area contributed by atoms with Gasteiger partial charge in [-0.3, -0.25) is 10.1 Å². The van der Waals surface area contributed by atoms with Gasteiger partial charge in [-0.15, -0.1) is 0 Å². The number of hydrogen-bond donors (Lipinski definition) is 0. The fourth-order valence-electron chi connectivity index (χ4n) is 3.07. The Balaban J connectivity index is 0.000000265. The summed E-state index contributed by atoms with van der Waals surface area (Å²) in [6, 6.07) is 27.1. The fraction of sp³-hybridized carbons (Fsp3) is 0.387. The Hall–Kier alpha value is -3.45. The van der Waals surface area contributed by atoms with Crippen molar-refractivity contribution < 1.29 is 4.92 Å². The molecule has 0 heterocycles. The summed E-state index contributed by atoms with van der Waals surface area (Å²) in [6.07, 6.45) is 0. The number of rotatable bonds is 1. The highest BCUT2D eigenvalue weighted by Crippen LogP contribution is 2.24. The molecule has 3 aromatic rings. The number of nitro groups is 1. The third-order valence-electron chi connectivity index (χ3n) is 5.46. The van der Waals surface area contributed by atoms with Crippen molar-refractivity contribution in [1.82, 2.24) is 0 Å². The minimum atomic E-state index is -0.383. The van der Waals surface area contributed by atoms with E-state index in [-0.39, 0.29) is 21.4 Å². The molecule has 3 aromatic carbocycles. The van der Waals surface area contributed by atoms with E-state index in [9.17, 15) is 10.1 Å². The summed E-state index contributed by atoms with van der Waals surface area (Å²) < 4.78 is 0. The van der Waals surface area contributed by atoms with Gasteiger partial charge in [0.1, 0.15) is 0 Å². The molecule has 0 unspecified atom stereocenters. The summed E-state index contributed by atoms with van der Waals surface area (Å²) in [6.45, 7) is 19.4. The number of benzene rings is 3. The monoisotopic (exact) mass is 472 g/mol. The second-order valence-corrected chi connectivity index (χ2v) is 11.6. The Morgan fingerprint density at radius 2 is 0.943 bits per heavy atom. The third kappa shape index (κ3) is 10.6. The maximum Gasteiger partial charge on any atom is 0.269 e. The van der Waals surface area contributed by atoms with Crippen LogP contribution in [0.3, 0.4) is 0 Å². The molecule has 4 heteroatoms. The van der Waals surface area contributed by atoms with E-state index in [1.54, 1.807) is 24.3 Å². The molecule has 4 nitrogen and oxygen atoms in total. The van der Waals surface area contributed by atoms with E-state index in [4.69, 9.17) is 5.26 Å². The molecule has 0 aliphatic rings. The number of non-ortho nitro benzene ring substituents is 1. The molecular weight excluding hydrogens is 432 g/mol. The summed E-state index contributed by atoms with van der Waals surface area (Å²) in [5.74, 6) is 0. The zero-order chi connectivity index (χ0) is 26.9. The van der Waals surface area contributed by atoms with Crippen molar-refractivity contribution in [3.05, 3.63) is 111 Å². The fourth-order valence-corrected chi connectivity index (χ4v) is 3.07. The normalized spacial score (nSPS) is 11.2. The van der Waals surface area contributed by atoms with Crippen LogP contribution in [0, 0.1) is 21.4 Å². The highest BCUT2D eigenvalue weighted by atomic mass is 16.6. The van der Waals surface area contributed by atoms with Crippen LogP contribution in [0.25, 0.3) is 0 Å². The highest BCUT2D eigenvalue weighted by Gasteiger charge is 2.15. The zero-order valence-electron chi connectivity index (χ0n) is 22.7. The van der Waals surface area contributed by atoms with Gasteiger partial charge in [0.25, 0.3) is 5.69 Å². The Bertz CT molecular complexity index is 1090. The van der Waals surface area contributed by atoms with Crippen molar-refractivity contribution in [3.8, 4) is 6.07 Å². The second-order valence-electron chi connectivity index (χ2n) is 11.6. The van der Waals surface area contributed by atoms with Gasteiger partial charge in [-0.1, -0.05) is 117 Å². The SMILES string of the molecule is CC(C)(C)c1ccc(C#N)cc1.CC(C)(C)c1ccc([N+](=O)[O-])cc1.CC(C)(C)c1ccccc1. The van der Waals surface area contributed by atoms with Gasteiger partial charge < -0.3 is 0 Å². The van der Waals surface area contributed by atoms with Crippen LogP contribution >= 0.6 is 0 Å². The van der Waals surface area contributed by atoms with E-state index in [0.29, 0.717) is 5.41 Å². The van der Waals surface area contributed by atoms with Gasteiger partial charge in [0.2, 0.25) is 0 Å². The van der Waals surface area contributed by atoms with Crippen LogP contribution in [0.5, 0.6) is 0 Å². The molecule has 0 spiro atoms. The van der Waals surface area contributed by atoms with Crippen LogP contribution in [-0.4, -0.2) is 4.92 Å². The quantitative estimate of drug-likeness (QED) is 0.263. The van der Waals surface area contributed by atoms with Crippen LogP contribution in [-0.2, 0) is 16.2 Å². The smallest absolute Gasteiger partial charge is 0.258 e. The predicted molar refractivity (Wildman–Crippen MR) is 147 cm³/mol. The van der Waals surface area contributed by atoms with Gasteiger partial charge in [-0.05, 0) is 45.1 Å². The van der Waals surface area contributed by atoms with Gasteiger partial charge in [0, 0.05) is 12.1 Å². The minimum absolute atomic E-state index is 0.0507. The molecule has 3 rings (SSSR count). The van der Waals surface area contributed by atoms with Gasteiger partial charge >= 0.3 is 0 Å². The number of hydrogen-bond acceptors (Lipinski definition) is 3. The molecule has 0 atom stereocenters. The molecule has 0 aliphatic heterocycles. The van der Waals surface area contributed by atoms with Crippen LogP contribution in [0.15, 0.2) is 78.9 Å². The van der Waals surface area contributed by atoms with Crippen molar-refractivity contribution in [2.24, 2.45) is 0 Å². The number of nitriles is 1. The van der Waals surface area contributed by atoms with Crippen molar-refractivity contribution >= 4 is 5.69 Å². The lowest BCUT2D eigenvalue weighted by molar-refractivity contribution is -0.384.